The van der Waals surface area contributed by atoms with Gasteiger partial charge in [-0.2, -0.15) is 0 Å². The number of sulfonamides is 1. The summed E-state index contributed by atoms with van der Waals surface area (Å²) in [5.41, 5.74) is 2.83. The molecule has 2 aromatic carbocycles. The molecule has 1 amide bonds. The first-order chi connectivity index (χ1) is 14.7. The molecule has 0 aliphatic carbocycles. The van der Waals surface area contributed by atoms with Crippen molar-refractivity contribution in [2.24, 2.45) is 5.92 Å². The van der Waals surface area contributed by atoms with Gasteiger partial charge >= 0.3 is 0 Å². The van der Waals surface area contributed by atoms with Crippen LogP contribution in [0.4, 0.5) is 5.13 Å². The molecule has 0 bridgehead atoms. The summed E-state index contributed by atoms with van der Waals surface area (Å²) in [7, 11) is -3.24. The van der Waals surface area contributed by atoms with Crippen LogP contribution in [-0.2, 0) is 21.4 Å². The predicted molar refractivity (Wildman–Crippen MR) is 126 cm³/mol. The molecule has 1 saturated heterocycles. The van der Waals surface area contributed by atoms with Crippen molar-refractivity contribution in [3.05, 3.63) is 58.6 Å². The maximum Gasteiger partial charge on any atom is 0.232 e. The molecule has 164 valence electrons. The number of benzene rings is 2. The largest absolute Gasteiger partial charge is 0.283 e. The Bertz CT molecular complexity index is 1160. The molecule has 0 N–H and O–H groups in total. The second-order valence-corrected chi connectivity index (χ2v) is 11.3. The van der Waals surface area contributed by atoms with E-state index in [-0.39, 0.29) is 11.8 Å². The molecule has 1 fully saturated rings. The van der Waals surface area contributed by atoms with Crippen LogP contribution in [-0.4, -0.2) is 43.0 Å². The second kappa shape index (κ2) is 8.86. The summed E-state index contributed by atoms with van der Waals surface area (Å²) in [6, 6.07) is 13.6. The van der Waals surface area contributed by atoms with Crippen molar-refractivity contribution in [1.29, 1.82) is 0 Å². The molecule has 1 aliphatic heterocycles. The Morgan fingerprint density at radius 1 is 1.19 bits per heavy atom. The summed E-state index contributed by atoms with van der Waals surface area (Å²) < 4.78 is 26.0. The lowest BCUT2D eigenvalue weighted by atomic mass is 9.96. The van der Waals surface area contributed by atoms with Crippen LogP contribution in [0, 0.1) is 12.8 Å². The van der Waals surface area contributed by atoms with Crippen LogP contribution >= 0.6 is 22.9 Å². The Balaban J connectivity index is 1.66. The number of hydrogen-bond acceptors (Lipinski definition) is 5. The fraction of sp³-hybridized carbons (Fsp3) is 0.364. The van der Waals surface area contributed by atoms with Crippen molar-refractivity contribution in [2.75, 3.05) is 24.2 Å². The third kappa shape index (κ3) is 4.77. The molecule has 1 aliphatic rings. The van der Waals surface area contributed by atoms with E-state index in [4.69, 9.17) is 16.6 Å². The summed E-state index contributed by atoms with van der Waals surface area (Å²) in [6.45, 7) is 3.10. The van der Waals surface area contributed by atoms with Crippen LogP contribution in [0.3, 0.4) is 0 Å². The zero-order chi connectivity index (χ0) is 22.2. The molecule has 0 radical (unpaired) electrons. The Kier molecular flexibility index (Phi) is 6.35. The van der Waals surface area contributed by atoms with Gasteiger partial charge in [-0.15, -0.1) is 0 Å². The van der Waals surface area contributed by atoms with Crippen molar-refractivity contribution < 1.29 is 13.2 Å². The number of nitrogens with zero attached hydrogens (tertiary/aromatic N) is 3. The standard InChI is InChI=1S/C22H24ClN3O3S2/c1-15-8-9-18(23)20-19(15)24-22(30-20)26(14-16-6-4-3-5-7-16)21(27)17-10-12-25(13-11-17)31(2,28)29/h3-9,17H,10-14H2,1-2H3. The number of hydrogen-bond donors (Lipinski definition) is 0. The van der Waals surface area contributed by atoms with Gasteiger partial charge in [0.2, 0.25) is 15.9 Å². The van der Waals surface area contributed by atoms with Gasteiger partial charge in [-0.1, -0.05) is 59.3 Å². The highest BCUT2D eigenvalue weighted by Gasteiger charge is 2.33. The Morgan fingerprint density at radius 3 is 2.48 bits per heavy atom. The quantitative estimate of drug-likeness (QED) is 0.543. The lowest BCUT2D eigenvalue weighted by Gasteiger charge is -2.32. The van der Waals surface area contributed by atoms with E-state index in [1.807, 2.05) is 49.4 Å². The molecule has 0 spiro atoms. The van der Waals surface area contributed by atoms with E-state index in [1.165, 1.54) is 21.9 Å². The molecule has 31 heavy (non-hydrogen) atoms. The van der Waals surface area contributed by atoms with Gasteiger partial charge < -0.3 is 0 Å². The van der Waals surface area contributed by atoms with Crippen LogP contribution in [0.2, 0.25) is 5.02 Å². The lowest BCUT2D eigenvalue weighted by molar-refractivity contribution is -0.123. The van der Waals surface area contributed by atoms with E-state index >= 15 is 0 Å². The monoisotopic (exact) mass is 477 g/mol. The molecule has 1 aromatic heterocycles. The van der Waals surface area contributed by atoms with Gasteiger partial charge in [0.05, 0.1) is 28.0 Å². The number of rotatable bonds is 5. The fourth-order valence-corrected chi connectivity index (χ4v) is 6.06. The minimum Gasteiger partial charge on any atom is -0.283 e. The first kappa shape index (κ1) is 22.2. The summed E-state index contributed by atoms with van der Waals surface area (Å²) in [5, 5.41) is 1.24. The third-order valence-electron chi connectivity index (χ3n) is 5.64. The van der Waals surface area contributed by atoms with E-state index in [2.05, 4.69) is 0 Å². The van der Waals surface area contributed by atoms with Gasteiger partial charge in [0.1, 0.15) is 0 Å². The van der Waals surface area contributed by atoms with Crippen molar-refractivity contribution in [1.82, 2.24) is 9.29 Å². The fourth-order valence-electron chi connectivity index (χ4n) is 3.87. The molecular weight excluding hydrogens is 454 g/mol. The topological polar surface area (TPSA) is 70.6 Å². The molecule has 6 nitrogen and oxygen atoms in total. The van der Waals surface area contributed by atoms with Gasteiger partial charge in [-0.3, -0.25) is 9.69 Å². The van der Waals surface area contributed by atoms with E-state index in [0.29, 0.717) is 42.6 Å². The van der Waals surface area contributed by atoms with Gasteiger partial charge in [-0.05, 0) is 37.0 Å². The maximum atomic E-state index is 13.6. The average molecular weight is 478 g/mol. The zero-order valence-electron chi connectivity index (χ0n) is 17.4. The number of carbonyl (C=O) groups is 1. The van der Waals surface area contributed by atoms with Gasteiger partial charge in [0.25, 0.3) is 0 Å². The van der Waals surface area contributed by atoms with Crippen LogP contribution in [0.25, 0.3) is 10.2 Å². The molecular formula is C22H24ClN3O3S2. The van der Waals surface area contributed by atoms with Crippen molar-refractivity contribution in [3.63, 3.8) is 0 Å². The third-order valence-corrected chi connectivity index (χ3v) is 8.48. The number of anilines is 1. The number of halogens is 1. The summed E-state index contributed by atoms with van der Waals surface area (Å²) in [6.07, 6.45) is 2.22. The van der Waals surface area contributed by atoms with Crippen molar-refractivity contribution in [3.8, 4) is 0 Å². The predicted octanol–water partition coefficient (Wildman–Crippen LogP) is 4.46. The van der Waals surface area contributed by atoms with E-state index in [0.717, 1.165) is 21.3 Å². The number of carbonyl (C=O) groups excluding carboxylic acids is 1. The molecule has 0 saturated carbocycles. The summed E-state index contributed by atoms with van der Waals surface area (Å²) >= 11 is 7.82. The minimum atomic E-state index is -3.24. The average Bonchev–Trinajstić information content (AvgIpc) is 3.21. The first-order valence-corrected chi connectivity index (χ1v) is 13.1. The zero-order valence-corrected chi connectivity index (χ0v) is 19.8. The number of amides is 1. The highest BCUT2D eigenvalue weighted by Crippen LogP contribution is 2.37. The SMILES string of the molecule is Cc1ccc(Cl)c2sc(N(Cc3ccccc3)C(=O)C3CCN(S(C)(=O)=O)CC3)nc12. The Morgan fingerprint density at radius 2 is 1.87 bits per heavy atom. The number of thiazole rings is 1. The first-order valence-electron chi connectivity index (χ1n) is 10.1. The van der Waals surface area contributed by atoms with E-state index in [1.54, 1.807) is 4.90 Å². The normalized spacial score (nSPS) is 16.0. The van der Waals surface area contributed by atoms with Crippen molar-refractivity contribution >= 4 is 54.2 Å². The van der Waals surface area contributed by atoms with E-state index < -0.39 is 10.0 Å². The van der Waals surface area contributed by atoms with Gasteiger partial charge in [-0.25, -0.2) is 17.7 Å². The highest BCUT2D eigenvalue weighted by molar-refractivity contribution is 7.88. The molecule has 9 heteroatoms. The molecule has 2 heterocycles. The van der Waals surface area contributed by atoms with Crippen LogP contribution < -0.4 is 4.90 Å². The van der Waals surface area contributed by atoms with Crippen LogP contribution in [0.15, 0.2) is 42.5 Å². The molecule has 3 aromatic rings. The van der Waals surface area contributed by atoms with Crippen LogP contribution in [0.5, 0.6) is 0 Å². The summed E-state index contributed by atoms with van der Waals surface area (Å²) in [5.74, 6) is -0.268. The van der Waals surface area contributed by atoms with Gasteiger partial charge in [0.15, 0.2) is 5.13 Å². The Hall–Kier alpha value is -2.00. The number of fused-ring (bicyclic) bond motifs is 1. The number of piperidine rings is 1. The lowest BCUT2D eigenvalue weighted by Crippen LogP contribution is -2.44. The van der Waals surface area contributed by atoms with Crippen molar-refractivity contribution in [2.45, 2.75) is 26.3 Å². The van der Waals surface area contributed by atoms with Gasteiger partial charge in [0, 0.05) is 19.0 Å². The Labute approximate surface area is 191 Å². The maximum absolute atomic E-state index is 13.6. The molecule has 0 atom stereocenters. The number of aromatic nitrogens is 1. The second-order valence-electron chi connectivity index (χ2n) is 7.88. The summed E-state index contributed by atoms with van der Waals surface area (Å²) in [4.78, 5) is 20.1. The highest BCUT2D eigenvalue weighted by atomic mass is 35.5. The van der Waals surface area contributed by atoms with Crippen LogP contribution in [0.1, 0.15) is 24.0 Å². The smallest absolute Gasteiger partial charge is 0.232 e. The number of aryl methyl sites for hydroxylation is 1. The molecule has 0 unspecified atom stereocenters. The minimum absolute atomic E-state index is 0.0233. The van der Waals surface area contributed by atoms with E-state index in [9.17, 15) is 13.2 Å². The molecule has 4 rings (SSSR count).